The van der Waals surface area contributed by atoms with Crippen LogP contribution < -0.4 is 9.47 Å². The third-order valence-electron chi connectivity index (χ3n) is 4.57. The Labute approximate surface area is 143 Å². The van der Waals surface area contributed by atoms with Gasteiger partial charge in [-0.05, 0) is 60.1 Å². The monoisotopic (exact) mass is 330 g/mol. The second-order valence-corrected chi connectivity index (χ2v) is 6.38. The molecule has 4 heteroatoms. The summed E-state index contributed by atoms with van der Waals surface area (Å²) in [5.74, 6) is 2.23. The summed E-state index contributed by atoms with van der Waals surface area (Å²) in [5, 5.41) is 19.6. The molecule has 0 unspecified atom stereocenters. The first-order valence-electron chi connectivity index (χ1n) is 8.16. The van der Waals surface area contributed by atoms with Crippen LogP contribution in [-0.2, 0) is 12.8 Å². The van der Waals surface area contributed by atoms with Gasteiger partial charge in [0, 0.05) is 0 Å². The maximum absolute atomic E-state index is 9.90. The molecule has 0 aromatic heterocycles. The number of rotatable bonds is 7. The minimum atomic E-state index is 0.163. The van der Waals surface area contributed by atoms with Gasteiger partial charge < -0.3 is 19.7 Å². The van der Waals surface area contributed by atoms with E-state index in [4.69, 9.17) is 9.47 Å². The van der Waals surface area contributed by atoms with Crippen molar-refractivity contribution in [1.82, 2.24) is 0 Å². The zero-order valence-electron chi connectivity index (χ0n) is 14.7. The van der Waals surface area contributed by atoms with E-state index in [0.717, 1.165) is 24.0 Å². The van der Waals surface area contributed by atoms with E-state index in [0.29, 0.717) is 23.3 Å². The molecular weight excluding hydrogens is 304 g/mol. The van der Waals surface area contributed by atoms with E-state index >= 15 is 0 Å². The molecule has 0 heterocycles. The zero-order valence-corrected chi connectivity index (χ0v) is 14.7. The molecule has 2 atom stereocenters. The van der Waals surface area contributed by atoms with Crippen LogP contribution in [0.5, 0.6) is 23.0 Å². The van der Waals surface area contributed by atoms with E-state index < -0.39 is 0 Å². The average molecular weight is 330 g/mol. The van der Waals surface area contributed by atoms with Crippen molar-refractivity contribution in [3.05, 3.63) is 47.5 Å². The van der Waals surface area contributed by atoms with Crippen molar-refractivity contribution in [2.24, 2.45) is 11.8 Å². The number of aromatic hydroxyl groups is 2. The minimum Gasteiger partial charge on any atom is -0.504 e. The van der Waals surface area contributed by atoms with Gasteiger partial charge in [-0.1, -0.05) is 26.0 Å². The Bertz CT molecular complexity index is 681. The summed E-state index contributed by atoms with van der Waals surface area (Å²) in [6.45, 7) is 4.43. The normalized spacial score (nSPS) is 13.3. The van der Waals surface area contributed by atoms with Crippen molar-refractivity contribution >= 4 is 0 Å². The Morgan fingerprint density at radius 1 is 0.750 bits per heavy atom. The smallest absolute Gasteiger partial charge is 0.160 e. The summed E-state index contributed by atoms with van der Waals surface area (Å²) < 4.78 is 10.2. The van der Waals surface area contributed by atoms with Crippen LogP contribution in [0.4, 0.5) is 0 Å². The van der Waals surface area contributed by atoms with Crippen LogP contribution >= 0.6 is 0 Å². The molecule has 0 amide bonds. The lowest BCUT2D eigenvalue weighted by atomic mass is 9.85. The maximum Gasteiger partial charge on any atom is 0.160 e. The van der Waals surface area contributed by atoms with Gasteiger partial charge in [-0.25, -0.2) is 0 Å². The van der Waals surface area contributed by atoms with Crippen molar-refractivity contribution in [3.8, 4) is 23.0 Å². The van der Waals surface area contributed by atoms with Crippen LogP contribution in [0.25, 0.3) is 0 Å². The fourth-order valence-corrected chi connectivity index (χ4v) is 2.86. The summed E-state index contributed by atoms with van der Waals surface area (Å²) in [6.07, 6.45) is 1.79. The molecule has 2 aromatic carbocycles. The molecular formula is C20H26O4. The quantitative estimate of drug-likeness (QED) is 0.800. The van der Waals surface area contributed by atoms with Crippen LogP contribution in [0.3, 0.4) is 0 Å². The van der Waals surface area contributed by atoms with Crippen LogP contribution in [0.2, 0.25) is 0 Å². The summed E-state index contributed by atoms with van der Waals surface area (Å²) in [7, 11) is 3.10. The van der Waals surface area contributed by atoms with Crippen molar-refractivity contribution in [2.75, 3.05) is 14.2 Å². The topological polar surface area (TPSA) is 58.9 Å². The number of hydrogen-bond acceptors (Lipinski definition) is 4. The predicted octanol–water partition coefficient (Wildman–Crippen LogP) is 4.17. The second kappa shape index (κ2) is 7.95. The highest BCUT2D eigenvalue weighted by Crippen LogP contribution is 2.31. The zero-order chi connectivity index (χ0) is 17.7. The summed E-state index contributed by atoms with van der Waals surface area (Å²) >= 11 is 0. The van der Waals surface area contributed by atoms with E-state index in [-0.39, 0.29) is 11.5 Å². The Balaban J connectivity index is 2.01. The molecule has 0 aliphatic rings. The lowest BCUT2D eigenvalue weighted by molar-refractivity contribution is 0.365. The maximum atomic E-state index is 9.90. The second-order valence-electron chi connectivity index (χ2n) is 6.38. The van der Waals surface area contributed by atoms with Crippen LogP contribution in [0, 0.1) is 11.8 Å². The first kappa shape index (κ1) is 18.0. The average Bonchev–Trinajstić information content (AvgIpc) is 2.56. The SMILES string of the molecule is COc1ccc(C[C@@H](C)[C@H](C)Cc2ccc(O)c(OC)c2)cc1O. The van der Waals surface area contributed by atoms with Gasteiger partial charge in [-0.2, -0.15) is 0 Å². The highest BCUT2D eigenvalue weighted by atomic mass is 16.5. The Kier molecular flexibility index (Phi) is 5.96. The third kappa shape index (κ3) is 4.34. The Morgan fingerprint density at radius 2 is 1.29 bits per heavy atom. The number of benzene rings is 2. The standard InChI is InChI=1S/C20H26O4/c1-13(9-15-6-8-19(23-3)18(22)11-15)14(2)10-16-5-7-17(21)20(12-16)24-4/h5-8,11-14,21-22H,9-10H2,1-4H3/t13-,14-/m1/s1. The van der Waals surface area contributed by atoms with Crippen molar-refractivity contribution in [1.29, 1.82) is 0 Å². The van der Waals surface area contributed by atoms with E-state index in [1.54, 1.807) is 32.4 Å². The molecule has 0 saturated carbocycles. The molecule has 0 bridgehead atoms. The molecule has 0 fully saturated rings. The lowest BCUT2D eigenvalue weighted by Crippen LogP contribution is -2.13. The Morgan fingerprint density at radius 3 is 1.83 bits per heavy atom. The van der Waals surface area contributed by atoms with Crippen molar-refractivity contribution < 1.29 is 19.7 Å². The molecule has 2 N–H and O–H groups in total. The summed E-state index contributed by atoms with van der Waals surface area (Å²) in [6, 6.07) is 11.1. The van der Waals surface area contributed by atoms with Gasteiger partial charge in [-0.3, -0.25) is 0 Å². The van der Waals surface area contributed by atoms with E-state index in [2.05, 4.69) is 13.8 Å². The molecule has 4 nitrogen and oxygen atoms in total. The number of ether oxygens (including phenoxy) is 2. The van der Waals surface area contributed by atoms with Crippen molar-refractivity contribution in [3.63, 3.8) is 0 Å². The van der Waals surface area contributed by atoms with Crippen molar-refractivity contribution in [2.45, 2.75) is 26.7 Å². The molecule has 0 radical (unpaired) electrons. The molecule has 2 aromatic rings. The first-order valence-corrected chi connectivity index (χ1v) is 8.16. The van der Waals surface area contributed by atoms with Gasteiger partial charge in [-0.15, -0.1) is 0 Å². The fraction of sp³-hybridized carbons (Fsp3) is 0.400. The highest BCUT2D eigenvalue weighted by Gasteiger charge is 2.15. The summed E-state index contributed by atoms with van der Waals surface area (Å²) in [5.41, 5.74) is 2.23. The molecule has 0 spiro atoms. The number of methoxy groups -OCH3 is 2. The number of phenolic OH excluding ortho intramolecular Hbond substituents is 2. The van der Waals surface area contributed by atoms with E-state index in [9.17, 15) is 10.2 Å². The van der Waals surface area contributed by atoms with Gasteiger partial charge >= 0.3 is 0 Å². The molecule has 2 rings (SSSR count). The molecule has 0 aliphatic carbocycles. The molecule has 0 aliphatic heterocycles. The predicted molar refractivity (Wildman–Crippen MR) is 95.1 cm³/mol. The summed E-state index contributed by atoms with van der Waals surface area (Å²) in [4.78, 5) is 0. The van der Waals surface area contributed by atoms with Crippen LogP contribution in [0.15, 0.2) is 36.4 Å². The third-order valence-corrected chi connectivity index (χ3v) is 4.57. The largest absolute Gasteiger partial charge is 0.504 e. The van der Waals surface area contributed by atoms with Gasteiger partial charge in [0.05, 0.1) is 14.2 Å². The molecule has 0 saturated heterocycles. The number of hydrogen-bond donors (Lipinski definition) is 2. The lowest BCUT2D eigenvalue weighted by Gasteiger charge is -2.21. The molecule has 24 heavy (non-hydrogen) atoms. The van der Waals surface area contributed by atoms with Crippen LogP contribution in [0.1, 0.15) is 25.0 Å². The first-order chi connectivity index (χ1) is 11.4. The van der Waals surface area contributed by atoms with Gasteiger partial charge in [0.25, 0.3) is 0 Å². The van der Waals surface area contributed by atoms with E-state index in [1.807, 2.05) is 18.2 Å². The van der Waals surface area contributed by atoms with Gasteiger partial charge in [0.1, 0.15) is 0 Å². The highest BCUT2D eigenvalue weighted by molar-refractivity contribution is 5.42. The van der Waals surface area contributed by atoms with Gasteiger partial charge in [0.15, 0.2) is 23.0 Å². The van der Waals surface area contributed by atoms with Crippen LogP contribution in [-0.4, -0.2) is 24.4 Å². The minimum absolute atomic E-state index is 0.163. The van der Waals surface area contributed by atoms with E-state index in [1.165, 1.54) is 0 Å². The number of phenols is 2. The van der Waals surface area contributed by atoms with Gasteiger partial charge in [0.2, 0.25) is 0 Å². The fourth-order valence-electron chi connectivity index (χ4n) is 2.86. The Hall–Kier alpha value is -2.36. The molecule has 130 valence electrons.